The average molecular weight is 529 g/mol. The molecule has 0 bridgehead atoms. The number of aromatic nitrogens is 2. The average Bonchev–Trinajstić information content (AvgIpc) is 3.44. The first-order valence-electron chi connectivity index (χ1n) is 13.6. The minimum atomic E-state index is -0.0447. The van der Waals surface area contributed by atoms with Crippen molar-refractivity contribution >= 4 is 16.7 Å². The third kappa shape index (κ3) is 6.40. The predicted octanol–water partition coefficient (Wildman–Crippen LogP) is 5.11. The summed E-state index contributed by atoms with van der Waals surface area (Å²) in [6.45, 7) is 4.95. The quantitative estimate of drug-likeness (QED) is 0.306. The molecule has 0 saturated carbocycles. The van der Waals surface area contributed by atoms with Gasteiger partial charge in [0.1, 0.15) is 0 Å². The van der Waals surface area contributed by atoms with Crippen LogP contribution in [0.25, 0.3) is 22.2 Å². The van der Waals surface area contributed by atoms with Gasteiger partial charge in [-0.1, -0.05) is 54.5 Å². The van der Waals surface area contributed by atoms with Crippen LogP contribution in [0.15, 0.2) is 65.2 Å². The van der Waals surface area contributed by atoms with Crippen LogP contribution in [0.2, 0.25) is 0 Å². The molecule has 3 aromatic carbocycles. The Labute approximate surface area is 229 Å². The van der Waals surface area contributed by atoms with Crippen molar-refractivity contribution in [3.05, 3.63) is 72.1 Å². The molecule has 8 nitrogen and oxygen atoms in total. The van der Waals surface area contributed by atoms with Crippen molar-refractivity contribution in [2.45, 2.75) is 32.7 Å². The van der Waals surface area contributed by atoms with Crippen molar-refractivity contribution in [3.8, 4) is 22.9 Å². The summed E-state index contributed by atoms with van der Waals surface area (Å²) >= 11 is 0. The SMILES string of the molecule is COc1ccc(-c2noc(CN3CCCC(C(=O)NCC(C)Cc4cccc5ccccc45)C3)n2)cc1OC. The molecule has 39 heavy (non-hydrogen) atoms. The van der Waals surface area contributed by atoms with Crippen molar-refractivity contribution < 1.29 is 18.8 Å². The zero-order chi connectivity index (χ0) is 27.2. The zero-order valence-electron chi connectivity index (χ0n) is 22.9. The van der Waals surface area contributed by atoms with E-state index < -0.39 is 0 Å². The Morgan fingerprint density at radius 2 is 1.92 bits per heavy atom. The second kappa shape index (κ2) is 12.3. The summed E-state index contributed by atoms with van der Waals surface area (Å²) in [6, 6.07) is 20.4. The maximum Gasteiger partial charge on any atom is 0.241 e. The summed E-state index contributed by atoms with van der Waals surface area (Å²) in [4.78, 5) is 19.9. The first-order chi connectivity index (χ1) is 19.0. The molecule has 2 atom stereocenters. The van der Waals surface area contributed by atoms with Gasteiger partial charge in [0.15, 0.2) is 11.5 Å². The Kier molecular flexibility index (Phi) is 8.42. The largest absolute Gasteiger partial charge is 0.493 e. The number of ether oxygens (including phenoxy) is 2. The van der Waals surface area contributed by atoms with Gasteiger partial charge < -0.3 is 19.3 Å². The van der Waals surface area contributed by atoms with Crippen LogP contribution in [0, 0.1) is 11.8 Å². The van der Waals surface area contributed by atoms with Crippen LogP contribution in [0.5, 0.6) is 11.5 Å². The molecule has 0 radical (unpaired) electrons. The molecule has 1 aliphatic heterocycles. The van der Waals surface area contributed by atoms with E-state index in [1.165, 1.54) is 16.3 Å². The van der Waals surface area contributed by atoms with Gasteiger partial charge in [-0.3, -0.25) is 9.69 Å². The molecular formula is C31H36N4O4. The molecule has 1 amide bonds. The fourth-order valence-corrected chi connectivity index (χ4v) is 5.35. The van der Waals surface area contributed by atoms with E-state index in [1.807, 2.05) is 18.2 Å². The lowest BCUT2D eigenvalue weighted by Crippen LogP contribution is -2.43. The van der Waals surface area contributed by atoms with Crippen LogP contribution in [-0.2, 0) is 17.8 Å². The number of hydrogen-bond donors (Lipinski definition) is 1. The fourth-order valence-electron chi connectivity index (χ4n) is 5.35. The van der Waals surface area contributed by atoms with Crippen LogP contribution < -0.4 is 14.8 Å². The third-order valence-corrected chi connectivity index (χ3v) is 7.42. The highest BCUT2D eigenvalue weighted by molar-refractivity contribution is 5.85. The highest BCUT2D eigenvalue weighted by Gasteiger charge is 2.27. The van der Waals surface area contributed by atoms with Crippen LogP contribution in [0.3, 0.4) is 0 Å². The molecule has 204 valence electrons. The fraction of sp³-hybridized carbons (Fsp3) is 0.387. The van der Waals surface area contributed by atoms with E-state index in [-0.39, 0.29) is 11.8 Å². The summed E-state index contributed by atoms with van der Waals surface area (Å²) in [5.74, 6) is 2.70. The van der Waals surface area contributed by atoms with Crippen LogP contribution in [0.4, 0.5) is 0 Å². The van der Waals surface area contributed by atoms with Crippen molar-refractivity contribution in [2.75, 3.05) is 33.9 Å². The van der Waals surface area contributed by atoms with Crippen molar-refractivity contribution in [2.24, 2.45) is 11.8 Å². The minimum Gasteiger partial charge on any atom is -0.493 e. The number of nitrogens with one attached hydrogen (secondary N) is 1. The Balaban J connectivity index is 1.13. The van der Waals surface area contributed by atoms with E-state index in [1.54, 1.807) is 14.2 Å². The van der Waals surface area contributed by atoms with Crippen LogP contribution in [-0.4, -0.2) is 54.8 Å². The number of piperidine rings is 1. The van der Waals surface area contributed by atoms with Gasteiger partial charge >= 0.3 is 0 Å². The molecule has 5 rings (SSSR count). The second-order valence-electron chi connectivity index (χ2n) is 10.3. The smallest absolute Gasteiger partial charge is 0.241 e. The number of likely N-dealkylation sites (tertiary alicyclic amines) is 1. The lowest BCUT2D eigenvalue weighted by Gasteiger charge is -2.31. The lowest BCUT2D eigenvalue weighted by atomic mass is 9.94. The summed E-state index contributed by atoms with van der Waals surface area (Å²) in [5.41, 5.74) is 2.11. The standard InChI is InChI=1S/C31H36N4O4/c1-21(16-23-10-6-9-22-8-4-5-12-26(22)23)18-32-31(36)25-11-7-15-35(19-25)20-29-33-30(34-39-29)24-13-14-27(37-2)28(17-24)38-3/h4-6,8-10,12-14,17,21,25H,7,11,15-16,18-20H2,1-3H3,(H,32,36). The monoisotopic (exact) mass is 528 g/mol. The number of carbonyl (C=O) groups excluding carboxylic acids is 1. The molecule has 4 aromatic rings. The Bertz CT molecular complexity index is 1410. The predicted molar refractivity (Wildman–Crippen MR) is 151 cm³/mol. The number of fused-ring (bicyclic) bond motifs is 1. The van der Waals surface area contributed by atoms with E-state index in [9.17, 15) is 4.79 Å². The number of methoxy groups -OCH3 is 2. The van der Waals surface area contributed by atoms with E-state index in [2.05, 4.69) is 69.7 Å². The molecule has 1 aromatic heterocycles. The van der Waals surface area contributed by atoms with Gasteiger partial charge in [0.05, 0.1) is 26.7 Å². The number of nitrogens with zero attached hydrogens (tertiary/aromatic N) is 3. The Morgan fingerprint density at radius 3 is 2.77 bits per heavy atom. The van der Waals surface area contributed by atoms with Crippen molar-refractivity contribution in [1.82, 2.24) is 20.4 Å². The van der Waals surface area contributed by atoms with E-state index in [0.29, 0.717) is 48.8 Å². The lowest BCUT2D eigenvalue weighted by molar-refractivity contribution is -0.127. The zero-order valence-corrected chi connectivity index (χ0v) is 22.9. The molecule has 1 saturated heterocycles. The maximum absolute atomic E-state index is 13.1. The Morgan fingerprint density at radius 1 is 1.10 bits per heavy atom. The summed E-state index contributed by atoms with van der Waals surface area (Å²) in [6.07, 6.45) is 2.78. The summed E-state index contributed by atoms with van der Waals surface area (Å²) < 4.78 is 16.2. The molecule has 0 spiro atoms. The normalized spacial score (nSPS) is 16.6. The molecule has 2 unspecified atom stereocenters. The van der Waals surface area contributed by atoms with Gasteiger partial charge in [-0.2, -0.15) is 4.98 Å². The molecule has 1 aliphatic rings. The van der Waals surface area contributed by atoms with Crippen LogP contribution >= 0.6 is 0 Å². The number of benzene rings is 3. The summed E-state index contributed by atoms with van der Waals surface area (Å²) in [7, 11) is 3.20. The topological polar surface area (TPSA) is 89.7 Å². The van der Waals surface area contributed by atoms with Gasteiger partial charge in [-0.25, -0.2) is 0 Å². The number of hydrogen-bond acceptors (Lipinski definition) is 7. The highest BCUT2D eigenvalue weighted by atomic mass is 16.5. The van der Waals surface area contributed by atoms with Gasteiger partial charge in [-0.15, -0.1) is 0 Å². The molecule has 2 heterocycles. The third-order valence-electron chi connectivity index (χ3n) is 7.42. The minimum absolute atomic E-state index is 0.0447. The first-order valence-corrected chi connectivity index (χ1v) is 13.6. The molecular weight excluding hydrogens is 492 g/mol. The Hall–Kier alpha value is -3.91. The van der Waals surface area contributed by atoms with Crippen molar-refractivity contribution in [1.29, 1.82) is 0 Å². The summed E-state index contributed by atoms with van der Waals surface area (Å²) in [5, 5.41) is 9.91. The van der Waals surface area contributed by atoms with E-state index in [0.717, 1.165) is 31.4 Å². The molecule has 0 aliphatic carbocycles. The number of rotatable bonds is 10. The van der Waals surface area contributed by atoms with Gasteiger partial charge in [0.2, 0.25) is 17.6 Å². The number of carbonyl (C=O) groups is 1. The van der Waals surface area contributed by atoms with Gasteiger partial charge in [0.25, 0.3) is 0 Å². The van der Waals surface area contributed by atoms with E-state index in [4.69, 9.17) is 14.0 Å². The van der Waals surface area contributed by atoms with Crippen molar-refractivity contribution in [3.63, 3.8) is 0 Å². The second-order valence-corrected chi connectivity index (χ2v) is 10.3. The highest BCUT2D eigenvalue weighted by Crippen LogP contribution is 2.31. The van der Waals surface area contributed by atoms with Gasteiger partial charge in [0, 0.05) is 18.7 Å². The molecule has 1 fully saturated rings. The van der Waals surface area contributed by atoms with Gasteiger partial charge in [-0.05, 0) is 66.3 Å². The van der Waals surface area contributed by atoms with E-state index >= 15 is 0 Å². The molecule has 1 N–H and O–H groups in total. The maximum atomic E-state index is 13.1. The number of amides is 1. The first kappa shape index (κ1) is 26.7. The van der Waals surface area contributed by atoms with Crippen LogP contribution in [0.1, 0.15) is 31.2 Å². The molecule has 8 heteroatoms.